The van der Waals surface area contributed by atoms with Crippen molar-refractivity contribution in [2.75, 3.05) is 5.73 Å². The molecule has 0 spiro atoms. The van der Waals surface area contributed by atoms with Gasteiger partial charge in [0.25, 0.3) is 0 Å². The predicted molar refractivity (Wildman–Crippen MR) is 49.0 cm³/mol. The van der Waals surface area contributed by atoms with Gasteiger partial charge < -0.3 is 10.5 Å². The Morgan fingerprint density at radius 2 is 2.20 bits per heavy atom. The summed E-state index contributed by atoms with van der Waals surface area (Å²) < 4.78 is 40.8. The van der Waals surface area contributed by atoms with Crippen LogP contribution in [0.25, 0.3) is 0 Å². The Kier molecular flexibility index (Phi) is 3.52. The zero-order chi connectivity index (χ0) is 11.5. The third-order valence-electron chi connectivity index (χ3n) is 1.81. The first kappa shape index (κ1) is 11.8. The molecular formula is C9H11F3N2O. The Hall–Kier alpha value is -1.30. The number of ether oxygens (including phenoxy) is 1. The largest absolute Gasteiger partial charge is 0.414 e. The van der Waals surface area contributed by atoms with E-state index >= 15 is 0 Å². The predicted octanol–water partition coefficient (Wildman–Crippen LogP) is 2.13. The maximum absolute atomic E-state index is 12.1. The standard InChI is InChI=1S/C9H11F3N2O/c1-6(9(10,11)12)15-5-7-2-3-14-8(13)4-7/h2-4,6H,5H2,1H3,(H2,13,14). The molecule has 3 nitrogen and oxygen atoms in total. The number of hydrogen-bond acceptors (Lipinski definition) is 3. The maximum atomic E-state index is 12.1. The molecule has 0 aromatic carbocycles. The summed E-state index contributed by atoms with van der Waals surface area (Å²) in [6.45, 7) is 0.831. The number of nitrogen functional groups attached to an aromatic ring is 1. The molecule has 0 radical (unpaired) electrons. The first-order valence-corrected chi connectivity index (χ1v) is 4.28. The maximum Gasteiger partial charge on any atom is 0.414 e. The van der Waals surface area contributed by atoms with Gasteiger partial charge >= 0.3 is 6.18 Å². The minimum absolute atomic E-state index is 0.132. The number of aromatic nitrogens is 1. The topological polar surface area (TPSA) is 48.1 Å². The number of halogens is 3. The molecule has 0 saturated heterocycles. The van der Waals surface area contributed by atoms with Crippen LogP contribution in [-0.4, -0.2) is 17.3 Å². The molecule has 84 valence electrons. The second-order valence-electron chi connectivity index (χ2n) is 3.08. The van der Waals surface area contributed by atoms with E-state index in [2.05, 4.69) is 9.72 Å². The number of alkyl halides is 3. The van der Waals surface area contributed by atoms with Crippen molar-refractivity contribution >= 4 is 5.82 Å². The number of anilines is 1. The molecule has 0 bridgehead atoms. The van der Waals surface area contributed by atoms with Crippen LogP contribution in [0, 0.1) is 0 Å². The number of nitrogens with two attached hydrogens (primary N) is 1. The van der Waals surface area contributed by atoms with Gasteiger partial charge in [0.05, 0.1) is 6.61 Å². The van der Waals surface area contributed by atoms with Gasteiger partial charge in [-0.2, -0.15) is 13.2 Å². The van der Waals surface area contributed by atoms with Gasteiger partial charge in [-0.1, -0.05) is 0 Å². The highest BCUT2D eigenvalue weighted by molar-refractivity contribution is 5.31. The summed E-state index contributed by atoms with van der Waals surface area (Å²) in [4.78, 5) is 3.72. The van der Waals surface area contributed by atoms with Crippen molar-refractivity contribution in [1.29, 1.82) is 0 Å². The number of pyridine rings is 1. The van der Waals surface area contributed by atoms with Gasteiger partial charge in [0.1, 0.15) is 5.82 Å². The van der Waals surface area contributed by atoms with E-state index in [1.54, 1.807) is 6.07 Å². The van der Waals surface area contributed by atoms with Gasteiger partial charge in [-0.15, -0.1) is 0 Å². The second kappa shape index (κ2) is 4.48. The summed E-state index contributed by atoms with van der Waals surface area (Å²) in [6.07, 6.45) is -4.70. The highest BCUT2D eigenvalue weighted by atomic mass is 19.4. The van der Waals surface area contributed by atoms with Gasteiger partial charge in [0.2, 0.25) is 0 Å². The lowest BCUT2D eigenvalue weighted by Gasteiger charge is -2.16. The molecule has 1 atom stereocenters. The van der Waals surface area contributed by atoms with Crippen LogP contribution in [0.1, 0.15) is 12.5 Å². The Bertz CT molecular complexity index is 327. The van der Waals surface area contributed by atoms with Gasteiger partial charge in [0.15, 0.2) is 6.10 Å². The van der Waals surface area contributed by atoms with E-state index in [9.17, 15) is 13.2 Å². The summed E-state index contributed by atoms with van der Waals surface area (Å²) in [7, 11) is 0. The minimum Gasteiger partial charge on any atom is -0.384 e. The van der Waals surface area contributed by atoms with E-state index < -0.39 is 12.3 Å². The first-order chi connectivity index (χ1) is 6.89. The SMILES string of the molecule is CC(OCc1ccnc(N)c1)C(F)(F)F. The summed E-state index contributed by atoms with van der Waals surface area (Å²) in [5.74, 6) is 0.260. The fraction of sp³-hybridized carbons (Fsp3) is 0.444. The van der Waals surface area contributed by atoms with Crippen molar-refractivity contribution in [1.82, 2.24) is 4.98 Å². The van der Waals surface area contributed by atoms with E-state index in [0.717, 1.165) is 6.92 Å². The van der Waals surface area contributed by atoms with Crippen molar-refractivity contribution in [2.45, 2.75) is 25.8 Å². The quantitative estimate of drug-likeness (QED) is 0.848. The Balaban J connectivity index is 2.51. The van der Waals surface area contributed by atoms with Crippen molar-refractivity contribution < 1.29 is 17.9 Å². The van der Waals surface area contributed by atoms with Crippen LogP contribution >= 0.6 is 0 Å². The van der Waals surface area contributed by atoms with E-state index in [-0.39, 0.29) is 12.4 Å². The Morgan fingerprint density at radius 3 is 2.73 bits per heavy atom. The molecule has 6 heteroatoms. The third kappa shape index (κ3) is 3.75. The fourth-order valence-corrected chi connectivity index (χ4v) is 0.900. The number of nitrogens with zero attached hydrogens (tertiary/aromatic N) is 1. The molecule has 1 aromatic heterocycles. The highest BCUT2D eigenvalue weighted by Gasteiger charge is 2.36. The van der Waals surface area contributed by atoms with Crippen molar-refractivity contribution in [3.8, 4) is 0 Å². The zero-order valence-electron chi connectivity index (χ0n) is 8.08. The van der Waals surface area contributed by atoms with Crippen molar-refractivity contribution in [3.05, 3.63) is 23.9 Å². The molecule has 0 aliphatic carbocycles. The molecule has 15 heavy (non-hydrogen) atoms. The molecule has 0 saturated carbocycles. The molecule has 1 heterocycles. The van der Waals surface area contributed by atoms with Gasteiger partial charge in [-0.3, -0.25) is 0 Å². The van der Waals surface area contributed by atoms with Crippen molar-refractivity contribution in [3.63, 3.8) is 0 Å². The van der Waals surface area contributed by atoms with Gasteiger partial charge in [-0.05, 0) is 24.6 Å². The third-order valence-corrected chi connectivity index (χ3v) is 1.81. The van der Waals surface area contributed by atoms with Crippen LogP contribution in [0.15, 0.2) is 18.3 Å². The molecule has 0 aliphatic rings. The van der Waals surface area contributed by atoms with Gasteiger partial charge in [0, 0.05) is 6.20 Å². The van der Waals surface area contributed by atoms with Crippen LogP contribution in [0.4, 0.5) is 19.0 Å². The summed E-state index contributed by atoms with van der Waals surface area (Å²) in [5, 5.41) is 0. The van der Waals surface area contributed by atoms with Crippen LogP contribution in [0.5, 0.6) is 0 Å². The van der Waals surface area contributed by atoms with Crippen molar-refractivity contribution in [2.24, 2.45) is 0 Å². The molecule has 2 N–H and O–H groups in total. The van der Waals surface area contributed by atoms with Crippen LogP contribution < -0.4 is 5.73 Å². The number of hydrogen-bond donors (Lipinski definition) is 1. The lowest BCUT2D eigenvalue weighted by Crippen LogP contribution is -2.28. The average Bonchev–Trinajstić information content (AvgIpc) is 2.12. The molecule has 1 aromatic rings. The van der Waals surface area contributed by atoms with Crippen LogP contribution in [0.2, 0.25) is 0 Å². The molecule has 1 unspecified atom stereocenters. The van der Waals surface area contributed by atoms with E-state index in [1.165, 1.54) is 12.3 Å². The lowest BCUT2D eigenvalue weighted by atomic mass is 10.3. The summed E-state index contributed by atoms with van der Waals surface area (Å²) >= 11 is 0. The first-order valence-electron chi connectivity index (χ1n) is 4.28. The van der Waals surface area contributed by atoms with Gasteiger partial charge in [-0.25, -0.2) is 4.98 Å². The van der Waals surface area contributed by atoms with E-state index in [0.29, 0.717) is 5.56 Å². The fourth-order valence-electron chi connectivity index (χ4n) is 0.900. The van der Waals surface area contributed by atoms with Crippen LogP contribution in [-0.2, 0) is 11.3 Å². The second-order valence-corrected chi connectivity index (χ2v) is 3.08. The summed E-state index contributed by atoms with van der Waals surface area (Å²) in [5.41, 5.74) is 5.93. The monoisotopic (exact) mass is 220 g/mol. The zero-order valence-corrected chi connectivity index (χ0v) is 8.08. The minimum atomic E-state index is -4.33. The molecule has 0 amide bonds. The molecule has 1 rings (SSSR count). The van der Waals surface area contributed by atoms with E-state index in [1.807, 2.05) is 0 Å². The Morgan fingerprint density at radius 1 is 1.53 bits per heavy atom. The normalized spacial score (nSPS) is 13.9. The molecular weight excluding hydrogens is 209 g/mol. The smallest absolute Gasteiger partial charge is 0.384 e. The average molecular weight is 220 g/mol. The summed E-state index contributed by atoms with van der Waals surface area (Å²) in [6, 6.07) is 3.03. The van der Waals surface area contributed by atoms with Crippen LogP contribution in [0.3, 0.4) is 0 Å². The number of rotatable bonds is 3. The molecule has 0 fully saturated rings. The lowest BCUT2D eigenvalue weighted by molar-refractivity contribution is -0.217. The Labute approximate surface area is 85.1 Å². The molecule has 0 aliphatic heterocycles. The highest BCUT2D eigenvalue weighted by Crippen LogP contribution is 2.23. The van der Waals surface area contributed by atoms with E-state index in [4.69, 9.17) is 5.73 Å².